The largest absolute Gasteiger partial charge is 0.493 e. The first-order valence-electron chi connectivity index (χ1n) is 8.05. The predicted molar refractivity (Wildman–Crippen MR) is 111 cm³/mol. The zero-order valence-electron chi connectivity index (χ0n) is 14.6. The Bertz CT molecular complexity index is 945. The molecule has 0 spiro atoms. The first-order chi connectivity index (χ1) is 13.0. The molecule has 3 rings (SSSR count). The number of hydrogen-bond acceptors (Lipinski definition) is 5. The van der Waals surface area contributed by atoms with Crippen LogP contribution in [0.5, 0.6) is 11.5 Å². The van der Waals surface area contributed by atoms with E-state index >= 15 is 0 Å². The molecular weight excluding hydrogens is 407 g/mol. The van der Waals surface area contributed by atoms with Gasteiger partial charge in [-0.2, -0.15) is 0 Å². The molecule has 0 saturated carbocycles. The fourth-order valence-corrected chi connectivity index (χ4v) is 3.65. The highest BCUT2D eigenvalue weighted by Gasteiger charge is 2.24. The Morgan fingerprint density at radius 3 is 2.70 bits per heavy atom. The molecular formula is C19H16Cl2N2O3S. The lowest BCUT2D eigenvalue weighted by molar-refractivity contribution is -0.115. The number of rotatable bonds is 5. The second-order valence-electron chi connectivity index (χ2n) is 5.42. The van der Waals surface area contributed by atoms with E-state index in [1.165, 1.54) is 11.8 Å². The van der Waals surface area contributed by atoms with Gasteiger partial charge in [0.05, 0.1) is 29.3 Å². The van der Waals surface area contributed by atoms with Gasteiger partial charge in [0.1, 0.15) is 0 Å². The predicted octanol–water partition coefficient (Wildman–Crippen LogP) is 5.29. The highest BCUT2D eigenvalue weighted by molar-refractivity contribution is 8.18. The molecule has 1 heterocycles. The van der Waals surface area contributed by atoms with Gasteiger partial charge < -0.3 is 14.8 Å². The van der Waals surface area contributed by atoms with Crippen molar-refractivity contribution in [2.75, 3.05) is 13.7 Å². The second kappa shape index (κ2) is 8.69. The van der Waals surface area contributed by atoms with Crippen molar-refractivity contribution in [3.05, 3.63) is 56.9 Å². The van der Waals surface area contributed by atoms with Gasteiger partial charge in [-0.3, -0.25) is 4.79 Å². The fourth-order valence-electron chi connectivity index (χ4n) is 2.36. The zero-order valence-corrected chi connectivity index (χ0v) is 16.9. The molecule has 0 aliphatic carbocycles. The first-order valence-corrected chi connectivity index (χ1v) is 9.63. The summed E-state index contributed by atoms with van der Waals surface area (Å²) in [5, 5.41) is 4.13. The zero-order chi connectivity index (χ0) is 19.4. The lowest BCUT2D eigenvalue weighted by Crippen LogP contribution is -2.19. The Kier molecular flexibility index (Phi) is 6.31. The van der Waals surface area contributed by atoms with Crippen LogP contribution in [0.15, 0.2) is 46.3 Å². The third-order valence-electron chi connectivity index (χ3n) is 3.57. The van der Waals surface area contributed by atoms with Crippen molar-refractivity contribution in [1.29, 1.82) is 0 Å². The summed E-state index contributed by atoms with van der Waals surface area (Å²) in [6.07, 6.45) is 1.77. The van der Waals surface area contributed by atoms with E-state index in [1.54, 1.807) is 31.4 Å². The Morgan fingerprint density at radius 1 is 1.19 bits per heavy atom. The van der Waals surface area contributed by atoms with E-state index in [-0.39, 0.29) is 5.91 Å². The number of benzene rings is 2. The lowest BCUT2D eigenvalue weighted by atomic mass is 10.2. The van der Waals surface area contributed by atoms with Gasteiger partial charge >= 0.3 is 0 Å². The lowest BCUT2D eigenvalue weighted by Gasteiger charge is -2.09. The van der Waals surface area contributed by atoms with E-state index < -0.39 is 0 Å². The molecule has 2 aromatic carbocycles. The molecule has 0 unspecified atom stereocenters. The number of hydrogen-bond donors (Lipinski definition) is 1. The maximum atomic E-state index is 12.3. The topological polar surface area (TPSA) is 59.9 Å². The van der Waals surface area contributed by atoms with Crippen LogP contribution >= 0.6 is 35.0 Å². The molecule has 1 amide bonds. The van der Waals surface area contributed by atoms with E-state index in [0.29, 0.717) is 43.9 Å². The standard InChI is InChI=1S/C19H16Cl2N2O3S/c1-3-26-15-7-4-11(8-16(15)25-2)9-17-18(24)23-19(27-17)22-14-6-5-12(20)10-13(14)21/h4-10H,3H2,1-2H3,(H,22,23,24)/b17-9+. The van der Waals surface area contributed by atoms with Crippen molar-refractivity contribution >= 4 is 57.8 Å². The molecule has 1 aliphatic rings. The monoisotopic (exact) mass is 422 g/mol. The Labute approximate surface area is 171 Å². The number of amides is 1. The van der Waals surface area contributed by atoms with Crippen LogP contribution in [0, 0.1) is 0 Å². The third kappa shape index (κ3) is 4.77. The fraction of sp³-hybridized carbons (Fsp3) is 0.158. The molecule has 2 aromatic rings. The molecule has 0 atom stereocenters. The van der Waals surface area contributed by atoms with Gasteiger partial charge in [0.15, 0.2) is 16.7 Å². The number of nitrogens with zero attached hydrogens (tertiary/aromatic N) is 1. The molecule has 140 valence electrons. The van der Waals surface area contributed by atoms with E-state index in [1.807, 2.05) is 25.1 Å². The summed E-state index contributed by atoms with van der Waals surface area (Å²) < 4.78 is 10.8. The minimum atomic E-state index is -0.225. The molecule has 27 heavy (non-hydrogen) atoms. The number of halogens is 2. The number of carbonyl (C=O) groups is 1. The molecule has 8 heteroatoms. The summed E-state index contributed by atoms with van der Waals surface area (Å²) in [5.74, 6) is 1.04. The Balaban J connectivity index is 1.84. The molecule has 0 radical (unpaired) electrons. The molecule has 1 saturated heterocycles. The number of methoxy groups -OCH3 is 1. The van der Waals surface area contributed by atoms with Gasteiger partial charge in [0.25, 0.3) is 5.91 Å². The first kappa shape index (κ1) is 19.6. The van der Waals surface area contributed by atoms with Crippen LogP contribution in [0.4, 0.5) is 5.69 Å². The summed E-state index contributed by atoms with van der Waals surface area (Å²) in [4.78, 5) is 17.2. The van der Waals surface area contributed by atoms with Crippen LogP contribution in [0.25, 0.3) is 6.08 Å². The summed E-state index contributed by atoms with van der Waals surface area (Å²) in [6.45, 7) is 2.45. The van der Waals surface area contributed by atoms with Gasteiger partial charge in [-0.1, -0.05) is 29.3 Å². The van der Waals surface area contributed by atoms with Crippen LogP contribution in [-0.2, 0) is 4.79 Å². The maximum absolute atomic E-state index is 12.3. The molecule has 1 aliphatic heterocycles. The summed E-state index contributed by atoms with van der Waals surface area (Å²) in [5.41, 5.74) is 1.35. The van der Waals surface area contributed by atoms with Crippen molar-refractivity contribution < 1.29 is 14.3 Å². The Morgan fingerprint density at radius 2 is 2.00 bits per heavy atom. The van der Waals surface area contributed by atoms with Gasteiger partial charge in [0.2, 0.25) is 0 Å². The van der Waals surface area contributed by atoms with E-state index in [4.69, 9.17) is 32.7 Å². The van der Waals surface area contributed by atoms with Crippen LogP contribution in [0.1, 0.15) is 12.5 Å². The van der Waals surface area contributed by atoms with Crippen LogP contribution in [0.2, 0.25) is 10.0 Å². The van der Waals surface area contributed by atoms with Gasteiger partial charge in [-0.05, 0) is 60.7 Å². The van der Waals surface area contributed by atoms with E-state index in [9.17, 15) is 4.79 Å². The maximum Gasteiger partial charge on any atom is 0.264 e. The van der Waals surface area contributed by atoms with Gasteiger partial charge in [0, 0.05) is 5.02 Å². The third-order valence-corrected chi connectivity index (χ3v) is 5.02. The molecule has 0 aromatic heterocycles. The molecule has 5 nitrogen and oxygen atoms in total. The smallest absolute Gasteiger partial charge is 0.264 e. The number of amidine groups is 1. The number of carbonyl (C=O) groups excluding carboxylic acids is 1. The van der Waals surface area contributed by atoms with Gasteiger partial charge in [-0.25, -0.2) is 4.99 Å². The van der Waals surface area contributed by atoms with E-state index in [0.717, 1.165) is 5.56 Å². The van der Waals surface area contributed by atoms with Crippen molar-refractivity contribution in [2.24, 2.45) is 4.99 Å². The van der Waals surface area contributed by atoms with Crippen LogP contribution < -0.4 is 14.8 Å². The van der Waals surface area contributed by atoms with Crippen LogP contribution in [0.3, 0.4) is 0 Å². The minimum absolute atomic E-state index is 0.225. The minimum Gasteiger partial charge on any atom is -0.493 e. The number of aliphatic imine (C=N–C) groups is 1. The number of nitrogens with one attached hydrogen (secondary N) is 1. The van der Waals surface area contributed by atoms with Crippen molar-refractivity contribution in [1.82, 2.24) is 5.32 Å². The van der Waals surface area contributed by atoms with E-state index in [2.05, 4.69) is 10.3 Å². The molecule has 1 fully saturated rings. The summed E-state index contributed by atoms with van der Waals surface area (Å²) in [6, 6.07) is 10.5. The van der Waals surface area contributed by atoms with Crippen molar-refractivity contribution in [3.63, 3.8) is 0 Å². The number of thioether (sulfide) groups is 1. The van der Waals surface area contributed by atoms with Crippen molar-refractivity contribution in [3.8, 4) is 11.5 Å². The highest BCUT2D eigenvalue weighted by Crippen LogP contribution is 2.34. The molecule has 1 N–H and O–H groups in total. The normalized spacial score (nSPS) is 16.7. The number of ether oxygens (including phenoxy) is 2. The highest BCUT2D eigenvalue weighted by atomic mass is 35.5. The SMILES string of the molecule is CCOc1ccc(/C=C2/SC(=Nc3ccc(Cl)cc3Cl)NC2=O)cc1OC. The molecule has 0 bridgehead atoms. The van der Waals surface area contributed by atoms with Gasteiger partial charge in [-0.15, -0.1) is 0 Å². The second-order valence-corrected chi connectivity index (χ2v) is 7.30. The average molecular weight is 423 g/mol. The average Bonchev–Trinajstić information content (AvgIpc) is 2.98. The van der Waals surface area contributed by atoms with Crippen LogP contribution in [-0.4, -0.2) is 24.8 Å². The Hall–Kier alpha value is -2.15. The summed E-state index contributed by atoms with van der Waals surface area (Å²) in [7, 11) is 1.58. The van der Waals surface area contributed by atoms with Crippen molar-refractivity contribution in [2.45, 2.75) is 6.92 Å². The summed E-state index contributed by atoms with van der Waals surface area (Å²) >= 11 is 13.3. The quantitative estimate of drug-likeness (QED) is 0.664.